The number of carbonyl (C=O) groups excluding carboxylic acids is 1. The molecule has 6 nitrogen and oxygen atoms in total. The van der Waals surface area contributed by atoms with Gasteiger partial charge in [0.2, 0.25) is 5.91 Å². The minimum absolute atomic E-state index is 0. The monoisotopic (exact) mass is 502 g/mol. The average molecular weight is 502 g/mol. The summed E-state index contributed by atoms with van der Waals surface area (Å²) in [5, 5.41) is 9.67. The summed E-state index contributed by atoms with van der Waals surface area (Å²) in [6.07, 6.45) is 5.95. The zero-order valence-electron chi connectivity index (χ0n) is 17.3. The Balaban J connectivity index is 0.00000392. The molecule has 0 atom stereocenters. The van der Waals surface area contributed by atoms with Gasteiger partial charge in [0.05, 0.1) is 13.7 Å². The highest BCUT2D eigenvalue weighted by molar-refractivity contribution is 14.0. The van der Waals surface area contributed by atoms with Gasteiger partial charge in [0.15, 0.2) is 5.96 Å². The van der Waals surface area contributed by atoms with Crippen molar-refractivity contribution in [2.75, 3.05) is 26.7 Å². The summed E-state index contributed by atoms with van der Waals surface area (Å²) in [4.78, 5) is 16.5. The van der Waals surface area contributed by atoms with E-state index in [1.807, 2.05) is 13.0 Å². The molecule has 0 saturated heterocycles. The van der Waals surface area contributed by atoms with Gasteiger partial charge in [-0.25, -0.2) is 0 Å². The highest BCUT2D eigenvalue weighted by atomic mass is 127. The van der Waals surface area contributed by atoms with E-state index in [9.17, 15) is 4.79 Å². The normalized spacial score (nSPS) is 14.3. The van der Waals surface area contributed by atoms with Gasteiger partial charge in [-0.05, 0) is 44.7 Å². The second-order valence-electron chi connectivity index (χ2n) is 7.05. The van der Waals surface area contributed by atoms with Crippen molar-refractivity contribution in [3.8, 4) is 5.75 Å². The van der Waals surface area contributed by atoms with Crippen LogP contribution in [0.15, 0.2) is 23.2 Å². The van der Waals surface area contributed by atoms with Crippen LogP contribution >= 0.6 is 24.0 Å². The third kappa shape index (κ3) is 8.67. The maximum atomic E-state index is 12.0. The molecule has 3 N–H and O–H groups in total. The van der Waals surface area contributed by atoms with Gasteiger partial charge in [0.1, 0.15) is 5.75 Å². The number of aryl methyl sites for hydroxylation is 1. The van der Waals surface area contributed by atoms with Gasteiger partial charge >= 0.3 is 0 Å². The molecular formula is C21H35IN4O2. The minimum atomic E-state index is 0. The van der Waals surface area contributed by atoms with Crippen LogP contribution in [0.2, 0.25) is 0 Å². The maximum absolute atomic E-state index is 12.0. The number of rotatable bonds is 9. The molecule has 158 valence electrons. The molecule has 0 unspecified atom stereocenters. The standard InChI is InChI=1S/C21H34N4O2.HI/c1-4-22-21(24-14-12-20(26)25-18-7-5-6-8-18)23-13-11-17-15-16(2)9-10-19(17)27-3;/h9-10,15,18H,4-8,11-14H2,1-3H3,(H,25,26)(H2,22,23,24);1H. The number of ether oxygens (including phenoxy) is 1. The Morgan fingerprint density at radius 1 is 1.25 bits per heavy atom. The quantitative estimate of drug-likeness (QED) is 0.276. The molecule has 1 aliphatic rings. The van der Waals surface area contributed by atoms with Crippen molar-refractivity contribution >= 4 is 35.8 Å². The highest BCUT2D eigenvalue weighted by Gasteiger charge is 2.16. The van der Waals surface area contributed by atoms with Crippen molar-refractivity contribution in [1.82, 2.24) is 16.0 Å². The number of carbonyl (C=O) groups is 1. The number of benzene rings is 1. The Labute approximate surface area is 186 Å². The van der Waals surface area contributed by atoms with Gasteiger partial charge in [-0.15, -0.1) is 24.0 Å². The van der Waals surface area contributed by atoms with Crippen molar-refractivity contribution < 1.29 is 9.53 Å². The molecule has 0 aliphatic heterocycles. The first-order valence-electron chi connectivity index (χ1n) is 10.1. The van der Waals surface area contributed by atoms with Crippen LogP contribution in [0.25, 0.3) is 0 Å². The first-order valence-corrected chi connectivity index (χ1v) is 10.1. The fourth-order valence-corrected chi connectivity index (χ4v) is 3.40. The number of hydrogen-bond acceptors (Lipinski definition) is 3. The lowest BCUT2D eigenvalue weighted by Crippen LogP contribution is -2.39. The Kier molecular flexibility index (Phi) is 11.9. The summed E-state index contributed by atoms with van der Waals surface area (Å²) >= 11 is 0. The fourth-order valence-electron chi connectivity index (χ4n) is 3.40. The molecule has 7 heteroatoms. The van der Waals surface area contributed by atoms with Gasteiger partial charge < -0.3 is 20.7 Å². The number of halogens is 1. The fraction of sp³-hybridized carbons (Fsp3) is 0.619. The van der Waals surface area contributed by atoms with E-state index in [0.717, 1.165) is 44.1 Å². The van der Waals surface area contributed by atoms with E-state index < -0.39 is 0 Å². The number of methoxy groups -OCH3 is 1. The third-order valence-electron chi connectivity index (χ3n) is 4.80. The summed E-state index contributed by atoms with van der Waals surface area (Å²) in [6, 6.07) is 6.58. The van der Waals surface area contributed by atoms with Crippen LogP contribution in [-0.2, 0) is 11.2 Å². The number of amides is 1. The third-order valence-corrected chi connectivity index (χ3v) is 4.80. The molecule has 2 rings (SSSR count). The molecule has 1 fully saturated rings. The van der Waals surface area contributed by atoms with Crippen molar-refractivity contribution in [3.05, 3.63) is 29.3 Å². The van der Waals surface area contributed by atoms with E-state index in [4.69, 9.17) is 4.74 Å². The van der Waals surface area contributed by atoms with Crippen LogP contribution in [0.3, 0.4) is 0 Å². The van der Waals surface area contributed by atoms with Crippen LogP contribution < -0.4 is 20.7 Å². The van der Waals surface area contributed by atoms with E-state index in [0.29, 0.717) is 19.0 Å². The van der Waals surface area contributed by atoms with Crippen LogP contribution in [-0.4, -0.2) is 44.7 Å². The molecule has 0 aromatic heterocycles. The van der Waals surface area contributed by atoms with Crippen LogP contribution in [0.1, 0.15) is 50.2 Å². The SMILES string of the molecule is CCNC(=NCCC(=O)NC1CCCC1)NCCc1cc(C)ccc1OC.I. The molecule has 1 saturated carbocycles. The molecule has 0 heterocycles. The summed E-state index contributed by atoms with van der Waals surface area (Å²) in [5.41, 5.74) is 2.40. The van der Waals surface area contributed by atoms with E-state index in [1.165, 1.54) is 24.0 Å². The zero-order valence-corrected chi connectivity index (χ0v) is 19.7. The lowest BCUT2D eigenvalue weighted by molar-refractivity contribution is -0.121. The molecule has 28 heavy (non-hydrogen) atoms. The topological polar surface area (TPSA) is 74.8 Å². The van der Waals surface area contributed by atoms with Crippen molar-refractivity contribution in [1.29, 1.82) is 0 Å². The molecule has 1 aliphatic carbocycles. The maximum Gasteiger partial charge on any atom is 0.222 e. The predicted octanol–water partition coefficient (Wildman–Crippen LogP) is 3.17. The van der Waals surface area contributed by atoms with Gasteiger partial charge in [0, 0.05) is 25.6 Å². The number of nitrogens with one attached hydrogen (secondary N) is 3. The van der Waals surface area contributed by atoms with Crippen molar-refractivity contribution in [3.63, 3.8) is 0 Å². The Morgan fingerprint density at radius 2 is 2.00 bits per heavy atom. The highest BCUT2D eigenvalue weighted by Crippen LogP contribution is 2.19. The van der Waals surface area contributed by atoms with E-state index in [-0.39, 0.29) is 29.9 Å². The van der Waals surface area contributed by atoms with Crippen LogP contribution in [0.4, 0.5) is 0 Å². The molecule has 0 spiro atoms. The van der Waals surface area contributed by atoms with Crippen molar-refractivity contribution in [2.45, 2.75) is 58.4 Å². The number of guanidine groups is 1. The minimum Gasteiger partial charge on any atom is -0.496 e. The first-order chi connectivity index (χ1) is 13.1. The summed E-state index contributed by atoms with van der Waals surface area (Å²) in [6.45, 7) is 6.14. The average Bonchev–Trinajstić information content (AvgIpc) is 3.15. The number of hydrogen-bond donors (Lipinski definition) is 3. The summed E-state index contributed by atoms with van der Waals surface area (Å²) in [5.74, 6) is 1.76. The molecular weight excluding hydrogens is 467 g/mol. The molecule has 1 aromatic carbocycles. The molecule has 1 aromatic rings. The van der Waals surface area contributed by atoms with Crippen LogP contribution in [0, 0.1) is 6.92 Å². The van der Waals surface area contributed by atoms with E-state index in [1.54, 1.807) is 7.11 Å². The second kappa shape index (κ2) is 13.6. The van der Waals surface area contributed by atoms with E-state index >= 15 is 0 Å². The van der Waals surface area contributed by atoms with Gasteiger partial charge in [0.25, 0.3) is 0 Å². The molecule has 0 bridgehead atoms. The Bertz CT molecular complexity index is 631. The zero-order chi connectivity index (χ0) is 19.5. The Morgan fingerprint density at radius 3 is 2.68 bits per heavy atom. The predicted molar refractivity (Wildman–Crippen MR) is 126 cm³/mol. The van der Waals surface area contributed by atoms with Gasteiger partial charge in [-0.3, -0.25) is 9.79 Å². The smallest absolute Gasteiger partial charge is 0.222 e. The van der Waals surface area contributed by atoms with Gasteiger partial charge in [-0.2, -0.15) is 0 Å². The van der Waals surface area contributed by atoms with Gasteiger partial charge in [-0.1, -0.05) is 30.5 Å². The Hall–Kier alpha value is -1.51. The molecule has 1 amide bonds. The lowest BCUT2D eigenvalue weighted by Gasteiger charge is -2.14. The largest absolute Gasteiger partial charge is 0.496 e. The number of nitrogens with zero attached hydrogens (tertiary/aromatic N) is 1. The van der Waals surface area contributed by atoms with Crippen LogP contribution in [0.5, 0.6) is 5.75 Å². The summed E-state index contributed by atoms with van der Waals surface area (Å²) in [7, 11) is 1.70. The first kappa shape index (κ1) is 24.5. The molecule has 0 radical (unpaired) electrons. The summed E-state index contributed by atoms with van der Waals surface area (Å²) < 4.78 is 5.43. The number of aliphatic imine (C=N–C) groups is 1. The van der Waals surface area contributed by atoms with E-state index in [2.05, 4.69) is 40.0 Å². The lowest BCUT2D eigenvalue weighted by atomic mass is 10.1. The van der Waals surface area contributed by atoms with Crippen molar-refractivity contribution in [2.24, 2.45) is 4.99 Å². The second-order valence-corrected chi connectivity index (χ2v) is 7.05.